The van der Waals surface area contributed by atoms with Gasteiger partial charge in [-0.3, -0.25) is 4.79 Å². The molecule has 0 radical (unpaired) electrons. The first-order chi connectivity index (χ1) is 8.88. The largest absolute Gasteiger partial charge is 0.497 e. The molecule has 0 aliphatic rings. The summed E-state index contributed by atoms with van der Waals surface area (Å²) in [6.07, 6.45) is 0. The number of ketones is 1. The molecule has 19 heavy (non-hydrogen) atoms. The zero-order valence-electron chi connectivity index (χ0n) is 11.4. The Hall–Kier alpha value is -2.08. The first-order valence-corrected chi connectivity index (χ1v) is 5.52. The van der Waals surface area contributed by atoms with Crippen LogP contribution in [0.2, 0.25) is 0 Å². The maximum atomic E-state index is 12.4. The van der Waals surface area contributed by atoms with E-state index in [0.717, 1.165) is 0 Å². The summed E-state index contributed by atoms with van der Waals surface area (Å²) in [4.78, 5) is 23.9. The second-order valence-corrected chi connectivity index (χ2v) is 4.09. The fraction of sp³-hybridized carbons (Fsp3) is 0.385. The van der Waals surface area contributed by atoms with Crippen molar-refractivity contribution in [3.8, 4) is 11.5 Å². The first kappa shape index (κ1) is 15.0. The Balaban J connectivity index is 3.28. The number of esters is 1. The quantitative estimate of drug-likeness (QED) is 0.482. The van der Waals surface area contributed by atoms with Crippen molar-refractivity contribution in [2.45, 2.75) is 12.5 Å². The summed E-state index contributed by atoms with van der Waals surface area (Å²) in [5, 5.41) is 0. The second-order valence-electron chi connectivity index (χ2n) is 4.09. The summed E-state index contributed by atoms with van der Waals surface area (Å²) in [6.45, 7) is 1.29. The maximum Gasteiger partial charge on any atom is 0.333 e. The van der Waals surface area contributed by atoms with Crippen molar-refractivity contribution in [1.82, 2.24) is 0 Å². The normalized spacial score (nSPS) is 13.3. The van der Waals surface area contributed by atoms with Crippen molar-refractivity contribution in [2.24, 2.45) is 5.73 Å². The molecule has 0 spiro atoms. The van der Waals surface area contributed by atoms with Gasteiger partial charge in [0.2, 0.25) is 0 Å². The van der Waals surface area contributed by atoms with Crippen LogP contribution in [0.1, 0.15) is 17.3 Å². The molecule has 0 aromatic heterocycles. The molecule has 1 rings (SSSR count). The van der Waals surface area contributed by atoms with Crippen molar-refractivity contribution < 1.29 is 23.8 Å². The lowest BCUT2D eigenvalue weighted by Crippen LogP contribution is -2.52. The number of ether oxygens (including phenoxy) is 3. The Kier molecular flexibility index (Phi) is 4.50. The van der Waals surface area contributed by atoms with Gasteiger partial charge in [-0.15, -0.1) is 0 Å². The van der Waals surface area contributed by atoms with E-state index >= 15 is 0 Å². The van der Waals surface area contributed by atoms with Crippen LogP contribution in [0.4, 0.5) is 0 Å². The Labute approximate surface area is 111 Å². The van der Waals surface area contributed by atoms with Crippen LogP contribution in [0, 0.1) is 0 Å². The van der Waals surface area contributed by atoms with Crippen LogP contribution in [0.25, 0.3) is 0 Å². The van der Waals surface area contributed by atoms with Gasteiger partial charge < -0.3 is 19.9 Å². The highest BCUT2D eigenvalue weighted by Crippen LogP contribution is 2.27. The van der Waals surface area contributed by atoms with Gasteiger partial charge in [-0.25, -0.2) is 4.79 Å². The summed E-state index contributed by atoms with van der Waals surface area (Å²) in [5.74, 6) is -0.645. The minimum atomic E-state index is -1.78. The van der Waals surface area contributed by atoms with Crippen molar-refractivity contribution in [3.63, 3.8) is 0 Å². The van der Waals surface area contributed by atoms with Gasteiger partial charge in [-0.05, 0) is 25.1 Å². The minimum absolute atomic E-state index is 0.164. The predicted molar refractivity (Wildman–Crippen MR) is 68.5 cm³/mol. The predicted octanol–water partition coefficient (Wildman–Crippen LogP) is 0.777. The molecule has 6 nitrogen and oxygen atoms in total. The molecule has 104 valence electrons. The summed E-state index contributed by atoms with van der Waals surface area (Å²) in [5.41, 5.74) is 4.12. The monoisotopic (exact) mass is 267 g/mol. The van der Waals surface area contributed by atoms with Gasteiger partial charge in [0, 0.05) is 0 Å². The average Bonchev–Trinajstić information content (AvgIpc) is 2.44. The molecule has 1 atom stereocenters. The average molecular weight is 267 g/mol. The number of Topliss-reactive ketones (excluding diaryl/α,β-unsaturated/α-hetero) is 1. The highest BCUT2D eigenvalue weighted by atomic mass is 16.5. The molecule has 0 amide bonds. The SMILES string of the molecule is COC(=O)[C@@](C)(N)C(=O)c1cc(OC)ccc1OC. The van der Waals surface area contributed by atoms with E-state index in [1.165, 1.54) is 34.3 Å². The lowest BCUT2D eigenvalue weighted by molar-refractivity contribution is -0.144. The Morgan fingerprint density at radius 3 is 2.26 bits per heavy atom. The van der Waals surface area contributed by atoms with E-state index in [9.17, 15) is 9.59 Å². The number of benzene rings is 1. The van der Waals surface area contributed by atoms with Crippen molar-refractivity contribution >= 4 is 11.8 Å². The van der Waals surface area contributed by atoms with Crippen molar-refractivity contribution in [1.29, 1.82) is 0 Å². The summed E-state index contributed by atoms with van der Waals surface area (Å²) < 4.78 is 14.7. The van der Waals surface area contributed by atoms with E-state index in [0.29, 0.717) is 11.5 Å². The molecule has 0 heterocycles. The van der Waals surface area contributed by atoms with Crippen molar-refractivity contribution in [2.75, 3.05) is 21.3 Å². The van der Waals surface area contributed by atoms with Gasteiger partial charge in [0.15, 0.2) is 11.3 Å². The molecule has 0 unspecified atom stereocenters. The van der Waals surface area contributed by atoms with Gasteiger partial charge in [-0.1, -0.05) is 0 Å². The molecular weight excluding hydrogens is 250 g/mol. The van der Waals surface area contributed by atoms with E-state index in [1.54, 1.807) is 12.1 Å². The third-order valence-electron chi connectivity index (χ3n) is 2.73. The molecule has 1 aromatic carbocycles. The van der Waals surface area contributed by atoms with Crippen LogP contribution in [0.15, 0.2) is 18.2 Å². The van der Waals surface area contributed by atoms with Gasteiger partial charge in [0.25, 0.3) is 0 Å². The highest BCUT2D eigenvalue weighted by Gasteiger charge is 2.40. The smallest absolute Gasteiger partial charge is 0.333 e. The summed E-state index contributed by atoms with van der Waals surface area (Å²) >= 11 is 0. The topological polar surface area (TPSA) is 87.9 Å². The Bertz CT molecular complexity index is 496. The number of methoxy groups -OCH3 is 3. The van der Waals surface area contributed by atoms with Gasteiger partial charge in [-0.2, -0.15) is 0 Å². The van der Waals surface area contributed by atoms with E-state index in [4.69, 9.17) is 15.2 Å². The van der Waals surface area contributed by atoms with Gasteiger partial charge in [0.1, 0.15) is 11.5 Å². The fourth-order valence-electron chi connectivity index (χ4n) is 1.58. The standard InChI is InChI=1S/C13H17NO5/c1-13(14,12(16)19-4)11(15)9-7-8(17-2)5-6-10(9)18-3/h5-7H,14H2,1-4H3/t13-/m0/s1. The van der Waals surface area contributed by atoms with E-state index in [1.807, 2.05) is 0 Å². The second kappa shape index (κ2) is 5.71. The highest BCUT2D eigenvalue weighted by molar-refractivity contribution is 6.17. The van der Waals surface area contributed by atoms with Crippen LogP contribution in [0.3, 0.4) is 0 Å². The number of hydrogen-bond donors (Lipinski definition) is 1. The molecule has 0 aliphatic heterocycles. The number of carbonyl (C=O) groups is 2. The summed E-state index contributed by atoms with van der Waals surface area (Å²) in [6, 6.07) is 4.68. The van der Waals surface area contributed by atoms with E-state index < -0.39 is 17.3 Å². The van der Waals surface area contributed by atoms with Crippen LogP contribution < -0.4 is 15.2 Å². The van der Waals surface area contributed by atoms with Crippen molar-refractivity contribution in [3.05, 3.63) is 23.8 Å². The number of rotatable bonds is 5. The summed E-state index contributed by atoms with van der Waals surface area (Å²) in [7, 11) is 4.06. The van der Waals surface area contributed by atoms with Gasteiger partial charge in [0.05, 0.1) is 26.9 Å². The Morgan fingerprint density at radius 2 is 1.79 bits per heavy atom. The zero-order valence-corrected chi connectivity index (χ0v) is 11.4. The lowest BCUT2D eigenvalue weighted by atomic mass is 9.91. The zero-order chi connectivity index (χ0) is 14.6. The molecule has 0 bridgehead atoms. The molecule has 1 aromatic rings. The third kappa shape index (κ3) is 2.85. The first-order valence-electron chi connectivity index (χ1n) is 5.52. The van der Waals surface area contributed by atoms with Gasteiger partial charge >= 0.3 is 5.97 Å². The number of carbonyl (C=O) groups excluding carboxylic acids is 2. The maximum absolute atomic E-state index is 12.4. The molecule has 6 heteroatoms. The Morgan fingerprint density at radius 1 is 1.16 bits per heavy atom. The van der Waals surface area contributed by atoms with Crippen LogP contribution in [-0.2, 0) is 9.53 Å². The van der Waals surface area contributed by atoms with Crippen LogP contribution in [0.5, 0.6) is 11.5 Å². The molecule has 0 aliphatic carbocycles. The number of hydrogen-bond acceptors (Lipinski definition) is 6. The minimum Gasteiger partial charge on any atom is -0.497 e. The fourth-order valence-corrected chi connectivity index (χ4v) is 1.58. The van der Waals surface area contributed by atoms with Crippen LogP contribution >= 0.6 is 0 Å². The number of nitrogens with two attached hydrogens (primary N) is 1. The molecule has 2 N–H and O–H groups in total. The molecule has 0 fully saturated rings. The molecule has 0 saturated carbocycles. The molecular formula is C13H17NO5. The molecule has 0 saturated heterocycles. The van der Waals surface area contributed by atoms with E-state index in [2.05, 4.69) is 4.74 Å². The third-order valence-corrected chi connectivity index (χ3v) is 2.73. The van der Waals surface area contributed by atoms with Crippen LogP contribution in [-0.4, -0.2) is 38.6 Å². The lowest BCUT2D eigenvalue weighted by Gasteiger charge is -2.21. The van der Waals surface area contributed by atoms with E-state index in [-0.39, 0.29) is 5.56 Å².